The highest BCUT2D eigenvalue weighted by molar-refractivity contribution is 5.82. The van der Waals surface area contributed by atoms with Crippen molar-refractivity contribution < 1.29 is 9.15 Å². The average molecular weight is 303 g/mol. The van der Waals surface area contributed by atoms with Crippen molar-refractivity contribution in [3.63, 3.8) is 0 Å². The Balaban J connectivity index is 2.43. The third-order valence-electron chi connectivity index (χ3n) is 3.90. The zero-order valence-corrected chi connectivity index (χ0v) is 14.0. The van der Waals surface area contributed by atoms with Gasteiger partial charge in [-0.3, -0.25) is 0 Å². The van der Waals surface area contributed by atoms with Gasteiger partial charge in [0.25, 0.3) is 0 Å². The Kier molecular flexibility index (Phi) is 5.37. The maximum absolute atomic E-state index is 11.8. The first-order valence-electron chi connectivity index (χ1n) is 7.72. The van der Waals surface area contributed by atoms with E-state index in [0.717, 1.165) is 16.5 Å². The van der Waals surface area contributed by atoms with E-state index in [1.54, 1.807) is 13.2 Å². The summed E-state index contributed by atoms with van der Waals surface area (Å²) in [6.07, 6.45) is 0. The molecule has 120 valence electrons. The molecule has 0 aliphatic heterocycles. The largest absolute Gasteiger partial charge is 0.423 e. The molecular formula is C18H25NO3. The van der Waals surface area contributed by atoms with Gasteiger partial charge in [0.2, 0.25) is 0 Å². The highest BCUT2D eigenvalue weighted by atomic mass is 16.5. The molecule has 4 heteroatoms. The number of benzene rings is 1. The topological polar surface area (TPSA) is 51.5 Å². The fourth-order valence-corrected chi connectivity index (χ4v) is 2.75. The SMILES string of the molecule is COC[C@H](C)NCc1cc(=O)oc2cc(C)c(C(C)C)cc12. The molecule has 0 bridgehead atoms. The number of rotatable bonds is 6. The molecule has 1 atom stereocenters. The number of hydrogen-bond donors (Lipinski definition) is 1. The van der Waals surface area contributed by atoms with E-state index >= 15 is 0 Å². The molecule has 2 rings (SSSR count). The molecule has 1 aromatic heterocycles. The second-order valence-corrected chi connectivity index (χ2v) is 6.19. The summed E-state index contributed by atoms with van der Waals surface area (Å²) in [5.41, 5.74) is 3.76. The van der Waals surface area contributed by atoms with Gasteiger partial charge in [0.15, 0.2) is 0 Å². The maximum atomic E-state index is 11.8. The van der Waals surface area contributed by atoms with Crippen molar-refractivity contribution in [1.29, 1.82) is 0 Å². The van der Waals surface area contributed by atoms with Gasteiger partial charge >= 0.3 is 5.63 Å². The molecule has 0 fully saturated rings. The monoisotopic (exact) mass is 303 g/mol. The number of aryl methyl sites for hydroxylation is 1. The van der Waals surface area contributed by atoms with Gasteiger partial charge in [-0.05, 0) is 48.6 Å². The van der Waals surface area contributed by atoms with Crippen LogP contribution in [0.3, 0.4) is 0 Å². The van der Waals surface area contributed by atoms with E-state index in [9.17, 15) is 4.79 Å². The molecule has 1 heterocycles. The molecular weight excluding hydrogens is 278 g/mol. The molecule has 2 aromatic rings. The van der Waals surface area contributed by atoms with E-state index < -0.39 is 0 Å². The lowest BCUT2D eigenvalue weighted by molar-refractivity contribution is 0.171. The number of methoxy groups -OCH3 is 1. The highest BCUT2D eigenvalue weighted by Crippen LogP contribution is 2.26. The second kappa shape index (κ2) is 7.07. The molecule has 4 nitrogen and oxygen atoms in total. The molecule has 0 saturated carbocycles. The molecule has 0 spiro atoms. The van der Waals surface area contributed by atoms with Crippen LogP contribution < -0.4 is 10.9 Å². The van der Waals surface area contributed by atoms with E-state index in [1.807, 2.05) is 6.07 Å². The number of nitrogens with one attached hydrogen (secondary N) is 1. The Labute approximate surface area is 131 Å². The van der Waals surface area contributed by atoms with Crippen LogP contribution in [-0.2, 0) is 11.3 Å². The van der Waals surface area contributed by atoms with Crippen LogP contribution in [0, 0.1) is 6.92 Å². The number of ether oxygens (including phenoxy) is 1. The molecule has 1 aromatic carbocycles. The van der Waals surface area contributed by atoms with E-state index in [2.05, 4.69) is 39.1 Å². The molecule has 0 radical (unpaired) electrons. The second-order valence-electron chi connectivity index (χ2n) is 6.19. The Morgan fingerprint density at radius 2 is 1.95 bits per heavy atom. The van der Waals surface area contributed by atoms with Crippen LogP contribution in [0.5, 0.6) is 0 Å². The number of fused-ring (bicyclic) bond motifs is 1. The minimum Gasteiger partial charge on any atom is -0.423 e. The molecule has 0 aliphatic rings. The van der Waals surface area contributed by atoms with Gasteiger partial charge in [0.1, 0.15) is 5.58 Å². The molecule has 0 aliphatic carbocycles. The maximum Gasteiger partial charge on any atom is 0.336 e. The summed E-state index contributed by atoms with van der Waals surface area (Å²) in [6, 6.07) is 5.92. The molecule has 0 amide bonds. The molecule has 22 heavy (non-hydrogen) atoms. The van der Waals surface area contributed by atoms with E-state index in [-0.39, 0.29) is 11.7 Å². The Bertz CT molecular complexity index is 703. The van der Waals surface area contributed by atoms with Crippen molar-refractivity contribution in [2.24, 2.45) is 0 Å². The van der Waals surface area contributed by atoms with Gasteiger partial charge in [0.05, 0.1) is 6.61 Å². The van der Waals surface area contributed by atoms with Crippen molar-refractivity contribution in [3.8, 4) is 0 Å². The van der Waals surface area contributed by atoms with Crippen LogP contribution in [0.15, 0.2) is 27.4 Å². The van der Waals surface area contributed by atoms with Crippen LogP contribution in [0.1, 0.15) is 43.4 Å². The number of hydrogen-bond acceptors (Lipinski definition) is 4. The van der Waals surface area contributed by atoms with E-state index in [1.165, 1.54) is 5.56 Å². The standard InChI is InChI=1S/C18H25NO3/c1-11(2)15-8-16-14(9-19-13(4)10-21-5)7-18(20)22-17(16)6-12(15)3/h6-8,11,13,19H,9-10H2,1-5H3/t13-/m0/s1. The van der Waals surface area contributed by atoms with Gasteiger partial charge in [-0.15, -0.1) is 0 Å². The Hall–Kier alpha value is -1.65. The Morgan fingerprint density at radius 3 is 2.59 bits per heavy atom. The summed E-state index contributed by atoms with van der Waals surface area (Å²) in [5.74, 6) is 0.435. The van der Waals surface area contributed by atoms with Gasteiger partial charge in [0, 0.05) is 31.1 Å². The van der Waals surface area contributed by atoms with Gasteiger partial charge < -0.3 is 14.5 Å². The lowest BCUT2D eigenvalue weighted by Crippen LogP contribution is -2.29. The minimum absolute atomic E-state index is 0.224. The van der Waals surface area contributed by atoms with Crippen LogP contribution in [0.2, 0.25) is 0 Å². The lowest BCUT2D eigenvalue weighted by atomic mass is 9.95. The van der Waals surface area contributed by atoms with Crippen molar-refractivity contribution in [2.45, 2.75) is 46.2 Å². The first-order valence-corrected chi connectivity index (χ1v) is 7.72. The average Bonchev–Trinajstić information content (AvgIpc) is 2.43. The van der Waals surface area contributed by atoms with Crippen molar-refractivity contribution in [3.05, 3.63) is 45.3 Å². The van der Waals surface area contributed by atoms with E-state index in [4.69, 9.17) is 9.15 Å². The first kappa shape index (κ1) is 16.7. The summed E-state index contributed by atoms with van der Waals surface area (Å²) < 4.78 is 10.5. The first-order chi connectivity index (χ1) is 10.4. The fraction of sp³-hybridized carbons (Fsp3) is 0.500. The van der Waals surface area contributed by atoms with Gasteiger partial charge in [-0.1, -0.05) is 13.8 Å². The van der Waals surface area contributed by atoms with Crippen molar-refractivity contribution in [2.75, 3.05) is 13.7 Å². The fourth-order valence-electron chi connectivity index (χ4n) is 2.75. The zero-order valence-electron chi connectivity index (χ0n) is 14.0. The summed E-state index contributed by atoms with van der Waals surface area (Å²) >= 11 is 0. The lowest BCUT2D eigenvalue weighted by Gasteiger charge is -2.15. The third kappa shape index (κ3) is 3.76. The summed E-state index contributed by atoms with van der Waals surface area (Å²) in [4.78, 5) is 11.8. The van der Waals surface area contributed by atoms with Gasteiger partial charge in [-0.25, -0.2) is 4.79 Å². The molecule has 0 saturated heterocycles. The van der Waals surface area contributed by atoms with Crippen LogP contribution in [-0.4, -0.2) is 19.8 Å². The van der Waals surface area contributed by atoms with Crippen molar-refractivity contribution >= 4 is 11.0 Å². The predicted molar refractivity (Wildman–Crippen MR) is 89.5 cm³/mol. The zero-order chi connectivity index (χ0) is 16.3. The summed E-state index contributed by atoms with van der Waals surface area (Å²) in [6.45, 7) is 9.71. The van der Waals surface area contributed by atoms with Crippen molar-refractivity contribution in [1.82, 2.24) is 5.32 Å². The van der Waals surface area contributed by atoms with Crippen LogP contribution in [0.25, 0.3) is 11.0 Å². The summed E-state index contributed by atoms with van der Waals surface area (Å²) in [5, 5.41) is 4.38. The summed E-state index contributed by atoms with van der Waals surface area (Å²) in [7, 11) is 1.68. The quantitative estimate of drug-likeness (QED) is 0.832. The molecule has 1 N–H and O–H groups in total. The molecule has 0 unspecified atom stereocenters. The van der Waals surface area contributed by atoms with Gasteiger partial charge in [-0.2, -0.15) is 0 Å². The highest BCUT2D eigenvalue weighted by Gasteiger charge is 2.12. The normalized spacial score (nSPS) is 13.0. The predicted octanol–water partition coefficient (Wildman–Crippen LogP) is 3.35. The Morgan fingerprint density at radius 1 is 1.23 bits per heavy atom. The van der Waals surface area contributed by atoms with Crippen LogP contribution >= 0.6 is 0 Å². The smallest absolute Gasteiger partial charge is 0.336 e. The minimum atomic E-state index is -0.305. The third-order valence-corrected chi connectivity index (χ3v) is 3.90. The van der Waals surface area contributed by atoms with E-state index in [0.29, 0.717) is 24.7 Å². The van der Waals surface area contributed by atoms with Crippen LogP contribution in [0.4, 0.5) is 0 Å².